The van der Waals surface area contributed by atoms with E-state index in [1.807, 2.05) is 6.07 Å². The molecule has 2 amide bonds. The number of halogens is 1. The van der Waals surface area contributed by atoms with Crippen molar-refractivity contribution in [1.29, 1.82) is 0 Å². The van der Waals surface area contributed by atoms with Gasteiger partial charge in [-0.2, -0.15) is 0 Å². The fraction of sp³-hybridized carbons (Fsp3) is 0.286. The minimum Gasteiger partial charge on any atom is -0.495 e. The molecule has 1 atom stereocenters. The SMILES string of the molecule is COc1ccccc1NC(=O)C[C@H]1SC(=Nc2ccc(F)cc2)N(C2CC2)C1=O. The summed E-state index contributed by atoms with van der Waals surface area (Å²) in [6.07, 6.45) is 1.89. The molecule has 1 aliphatic carbocycles. The lowest BCUT2D eigenvalue weighted by atomic mass is 10.2. The van der Waals surface area contributed by atoms with Gasteiger partial charge in [-0.05, 0) is 49.2 Å². The van der Waals surface area contributed by atoms with E-state index < -0.39 is 5.25 Å². The molecular weight excluding hydrogens is 393 g/mol. The van der Waals surface area contributed by atoms with Gasteiger partial charge in [0.05, 0.1) is 18.5 Å². The number of carbonyl (C=O) groups is 2. The molecule has 0 bridgehead atoms. The van der Waals surface area contributed by atoms with Gasteiger partial charge in [-0.1, -0.05) is 23.9 Å². The smallest absolute Gasteiger partial charge is 0.242 e. The van der Waals surface area contributed by atoms with E-state index in [-0.39, 0.29) is 30.1 Å². The summed E-state index contributed by atoms with van der Waals surface area (Å²) in [4.78, 5) is 31.7. The molecule has 1 saturated heterocycles. The summed E-state index contributed by atoms with van der Waals surface area (Å²) >= 11 is 1.28. The predicted octanol–water partition coefficient (Wildman–Crippen LogP) is 3.96. The molecule has 0 unspecified atom stereocenters. The molecule has 4 rings (SSSR count). The third-order valence-corrected chi connectivity index (χ3v) is 5.83. The molecule has 2 fully saturated rings. The third-order valence-electron chi connectivity index (χ3n) is 4.68. The average Bonchev–Trinajstić information content (AvgIpc) is 3.50. The van der Waals surface area contributed by atoms with Crippen LogP contribution in [-0.2, 0) is 9.59 Å². The van der Waals surface area contributed by atoms with Crippen LogP contribution in [0.2, 0.25) is 0 Å². The Hall–Kier alpha value is -2.87. The molecule has 0 radical (unpaired) electrons. The predicted molar refractivity (Wildman–Crippen MR) is 111 cm³/mol. The highest BCUT2D eigenvalue weighted by molar-refractivity contribution is 8.15. The Morgan fingerprint density at radius 2 is 1.97 bits per heavy atom. The van der Waals surface area contributed by atoms with Crippen molar-refractivity contribution in [2.24, 2.45) is 4.99 Å². The topological polar surface area (TPSA) is 71.0 Å². The zero-order valence-electron chi connectivity index (χ0n) is 15.8. The maximum atomic E-state index is 13.1. The van der Waals surface area contributed by atoms with Crippen LogP contribution in [-0.4, -0.2) is 40.3 Å². The molecule has 1 N–H and O–H groups in total. The van der Waals surface area contributed by atoms with Crippen molar-refractivity contribution in [1.82, 2.24) is 4.90 Å². The molecular formula is C21H20FN3O3S. The second-order valence-corrected chi connectivity index (χ2v) is 8.04. The van der Waals surface area contributed by atoms with Gasteiger partial charge in [0, 0.05) is 12.5 Å². The average molecular weight is 413 g/mol. The number of anilines is 1. The van der Waals surface area contributed by atoms with E-state index in [9.17, 15) is 14.0 Å². The number of nitrogens with zero attached hydrogens (tertiary/aromatic N) is 2. The third kappa shape index (κ3) is 4.42. The molecule has 2 aromatic carbocycles. The van der Waals surface area contributed by atoms with Gasteiger partial charge in [0.2, 0.25) is 11.8 Å². The van der Waals surface area contributed by atoms with E-state index in [1.54, 1.807) is 35.2 Å². The van der Waals surface area contributed by atoms with Gasteiger partial charge >= 0.3 is 0 Å². The zero-order chi connectivity index (χ0) is 20.4. The zero-order valence-corrected chi connectivity index (χ0v) is 16.6. The van der Waals surface area contributed by atoms with Gasteiger partial charge in [-0.25, -0.2) is 9.38 Å². The van der Waals surface area contributed by atoms with Crippen LogP contribution < -0.4 is 10.1 Å². The van der Waals surface area contributed by atoms with Gasteiger partial charge in [-0.3, -0.25) is 14.5 Å². The number of rotatable bonds is 6. The summed E-state index contributed by atoms with van der Waals surface area (Å²) in [5.41, 5.74) is 1.14. The molecule has 2 aliphatic rings. The lowest BCUT2D eigenvalue weighted by molar-refractivity contribution is -0.128. The number of methoxy groups -OCH3 is 1. The lowest BCUT2D eigenvalue weighted by Gasteiger charge is -2.15. The van der Waals surface area contributed by atoms with E-state index in [1.165, 1.54) is 31.0 Å². The Morgan fingerprint density at radius 3 is 2.66 bits per heavy atom. The van der Waals surface area contributed by atoms with Crippen molar-refractivity contribution in [3.05, 3.63) is 54.3 Å². The number of para-hydroxylation sites is 2. The van der Waals surface area contributed by atoms with E-state index in [2.05, 4.69) is 10.3 Å². The first-order chi connectivity index (χ1) is 14.0. The minimum absolute atomic E-state index is 0.0349. The highest BCUT2D eigenvalue weighted by atomic mass is 32.2. The maximum Gasteiger partial charge on any atom is 0.242 e. The molecule has 1 saturated carbocycles. The van der Waals surface area contributed by atoms with Crippen molar-refractivity contribution in [2.75, 3.05) is 12.4 Å². The van der Waals surface area contributed by atoms with Gasteiger partial charge in [0.25, 0.3) is 0 Å². The van der Waals surface area contributed by atoms with Crippen LogP contribution in [0.3, 0.4) is 0 Å². The quantitative estimate of drug-likeness (QED) is 0.778. The molecule has 1 heterocycles. The minimum atomic E-state index is -0.537. The standard InChI is InChI=1S/C21H20FN3O3S/c1-28-17-5-3-2-4-16(17)24-19(26)12-18-20(27)25(15-10-11-15)21(29-18)23-14-8-6-13(22)7-9-14/h2-9,15,18H,10-12H2,1H3,(H,24,26)/t18-/m1/s1. The van der Waals surface area contributed by atoms with Crippen LogP contribution in [0.1, 0.15) is 19.3 Å². The number of benzene rings is 2. The van der Waals surface area contributed by atoms with Crippen LogP contribution in [0, 0.1) is 5.82 Å². The Bertz CT molecular complexity index is 960. The Kier molecular flexibility index (Phi) is 5.53. The van der Waals surface area contributed by atoms with Gasteiger partial charge in [0.1, 0.15) is 16.8 Å². The van der Waals surface area contributed by atoms with E-state index >= 15 is 0 Å². The fourth-order valence-corrected chi connectivity index (χ4v) is 4.32. The summed E-state index contributed by atoms with van der Waals surface area (Å²) in [5, 5.41) is 2.84. The van der Waals surface area contributed by atoms with E-state index in [4.69, 9.17) is 4.74 Å². The molecule has 2 aromatic rings. The van der Waals surface area contributed by atoms with Crippen molar-refractivity contribution in [3.8, 4) is 5.75 Å². The van der Waals surface area contributed by atoms with Crippen molar-refractivity contribution in [3.63, 3.8) is 0 Å². The highest BCUT2D eigenvalue weighted by Crippen LogP contribution is 2.39. The molecule has 1 aliphatic heterocycles. The Labute approximate surface area is 172 Å². The first-order valence-electron chi connectivity index (χ1n) is 9.32. The number of aliphatic imine (C=N–C) groups is 1. The number of nitrogens with one attached hydrogen (secondary N) is 1. The van der Waals surface area contributed by atoms with Crippen LogP contribution in [0.25, 0.3) is 0 Å². The number of thioether (sulfide) groups is 1. The van der Waals surface area contributed by atoms with Crippen LogP contribution in [0.4, 0.5) is 15.8 Å². The molecule has 6 nitrogen and oxygen atoms in total. The summed E-state index contributed by atoms with van der Waals surface area (Å²) < 4.78 is 18.4. The van der Waals surface area contributed by atoms with Crippen LogP contribution in [0.5, 0.6) is 5.75 Å². The Morgan fingerprint density at radius 1 is 1.24 bits per heavy atom. The molecule has 0 aromatic heterocycles. The van der Waals surface area contributed by atoms with E-state index in [0.717, 1.165) is 12.8 Å². The van der Waals surface area contributed by atoms with Crippen molar-refractivity contribution >= 4 is 40.1 Å². The van der Waals surface area contributed by atoms with E-state index in [0.29, 0.717) is 22.3 Å². The summed E-state index contributed by atoms with van der Waals surface area (Å²) in [6.45, 7) is 0. The first kappa shape index (κ1) is 19.4. The number of amidine groups is 1. The van der Waals surface area contributed by atoms with Gasteiger partial charge in [0.15, 0.2) is 5.17 Å². The second kappa shape index (κ2) is 8.24. The van der Waals surface area contributed by atoms with Crippen molar-refractivity contribution in [2.45, 2.75) is 30.6 Å². The number of amides is 2. The normalized spacial score (nSPS) is 20.2. The number of ether oxygens (including phenoxy) is 1. The van der Waals surface area contributed by atoms with Crippen molar-refractivity contribution < 1.29 is 18.7 Å². The molecule has 150 valence electrons. The molecule has 0 spiro atoms. The summed E-state index contributed by atoms with van der Waals surface area (Å²) in [7, 11) is 1.53. The fourth-order valence-electron chi connectivity index (χ4n) is 3.11. The summed E-state index contributed by atoms with van der Waals surface area (Å²) in [5.74, 6) is -0.147. The largest absolute Gasteiger partial charge is 0.495 e. The van der Waals surface area contributed by atoms with Crippen LogP contribution in [0.15, 0.2) is 53.5 Å². The lowest BCUT2D eigenvalue weighted by Crippen LogP contribution is -2.35. The van der Waals surface area contributed by atoms with Gasteiger partial charge in [-0.15, -0.1) is 0 Å². The number of hydrogen-bond acceptors (Lipinski definition) is 5. The molecule has 8 heteroatoms. The molecule has 29 heavy (non-hydrogen) atoms. The monoisotopic (exact) mass is 413 g/mol. The maximum absolute atomic E-state index is 13.1. The highest BCUT2D eigenvalue weighted by Gasteiger charge is 2.46. The number of hydrogen-bond donors (Lipinski definition) is 1. The Balaban J connectivity index is 1.48. The number of carbonyl (C=O) groups excluding carboxylic acids is 2. The second-order valence-electron chi connectivity index (χ2n) is 6.87. The first-order valence-corrected chi connectivity index (χ1v) is 10.2. The van der Waals surface area contributed by atoms with Gasteiger partial charge < -0.3 is 10.1 Å². The summed E-state index contributed by atoms with van der Waals surface area (Å²) in [6, 6.07) is 13.1. The van der Waals surface area contributed by atoms with Crippen LogP contribution >= 0.6 is 11.8 Å².